The lowest BCUT2D eigenvalue weighted by Crippen LogP contribution is -2.55. The van der Waals surface area contributed by atoms with Crippen molar-refractivity contribution in [2.45, 2.75) is 118 Å². The summed E-state index contributed by atoms with van der Waals surface area (Å²) in [5, 5.41) is 21.4. The SMILES string of the molecule is CC(=O)O[C@@H]1CC[C@]2(C)[C@@H]3C[C@H]4[C@@](C)(O)[C@@H]([C@H](C)CC/C=C(/C)C(=O)O)CC[C@@]4(C)C3=CC[C@H]2C1(C)C. The van der Waals surface area contributed by atoms with E-state index >= 15 is 0 Å². The monoisotopic (exact) mass is 514 g/mol. The van der Waals surface area contributed by atoms with Crippen LogP contribution in [0.25, 0.3) is 0 Å². The van der Waals surface area contributed by atoms with Gasteiger partial charge in [-0.05, 0) is 106 Å². The van der Waals surface area contributed by atoms with E-state index in [1.165, 1.54) is 6.92 Å². The lowest BCUT2D eigenvalue weighted by Gasteiger charge is -2.59. The highest BCUT2D eigenvalue weighted by Crippen LogP contribution is 2.71. The second-order valence-corrected chi connectivity index (χ2v) is 14.3. The third kappa shape index (κ3) is 4.51. The minimum absolute atomic E-state index is 0.0229. The van der Waals surface area contributed by atoms with E-state index in [2.05, 4.69) is 47.6 Å². The van der Waals surface area contributed by atoms with Crippen molar-refractivity contribution in [2.24, 2.45) is 45.8 Å². The second kappa shape index (κ2) is 9.54. The van der Waals surface area contributed by atoms with Gasteiger partial charge in [0.25, 0.3) is 0 Å². The number of hydrogen-bond donors (Lipinski definition) is 2. The van der Waals surface area contributed by atoms with Crippen LogP contribution in [-0.4, -0.2) is 33.9 Å². The van der Waals surface area contributed by atoms with Crippen molar-refractivity contribution in [1.29, 1.82) is 0 Å². The van der Waals surface area contributed by atoms with E-state index in [9.17, 15) is 14.7 Å². The number of fused-ring (bicyclic) bond motifs is 5. The Bertz CT molecular complexity index is 989. The predicted molar refractivity (Wildman–Crippen MR) is 146 cm³/mol. The van der Waals surface area contributed by atoms with Gasteiger partial charge in [0.1, 0.15) is 6.10 Å². The van der Waals surface area contributed by atoms with Gasteiger partial charge in [0, 0.05) is 17.9 Å². The van der Waals surface area contributed by atoms with Crippen molar-refractivity contribution in [3.63, 3.8) is 0 Å². The summed E-state index contributed by atoms with van der Waals surface area (Å²) in [4.78, 5) is 23.0. The number of carbonyl (C=O) groups is 2. The number of allylic oxidation sites excluding steroid dienone is 3. The topological polar surface area (TPSA) is 83.8 Å². The van der Waals surface area contributed by atoms with Crippen molar-refractivity contribution in [3.05, 3.63) is 23.3 Å². The highest BCUT2D eigenvalue weighted by Gasteiger charge is 2.66. The van der Waals surface area contributed by atoms with Gasteiger partial charge in [-0.25, -0.2) is 4.79 Å². The third-order valence-corrected chi connectivity index (χ3v) is 11.9. The maximum Gasteiger partial charge on any atom is 0.330 e. The predicted octanol–water partition coefficient (Wildman–Crippen LogP) is 6.94. The number of aliphatic carboxylic acids is 1. The van der Waals surface area contributed by atoms with Gasteiger partial charge in [0.15, 0.2) is 0 Å². The smallest absolute Gasteiger partial charge is 0.330 e. The Kier molecular flexibility index (Phi) is 7.32. The van der Waals surface area contributed by atoms with E-state index in [4.69, 9.17) is 9.84 Å². The molecule has 0 heterocycles. The molecule has 4 aliphatic carbocycles. The molecule has 0 saturated heterocycles. The summed E-state index contributed by atoms with van der Waals surface area (Å²) in [5.41, 5.74) is 1.31. The van der Waals surface area contributed by atoms with Gasteiger partial charge in [0.2, 0.25) is 0 Å². The van der Waals surface area contributed by atoms with E-state index in [-0.39, 0.29) is 40.2 Å². The average molecular weight is 515 g/mol. The second-order valence-electron chi connectivity index (χ2n) is 14.3. The van der Waals surface area contributed by atoms with Crippen LogP contribution in [0.2, 0.25) is 0 Å². The third-order valence-electron chi connectivity index (χ3n) is 11.9. The van der Waals surface area contributed by atoms with Gasteiger partial charge >= 0.3 is 11.9 Å². The largest absolute Gasteiger partial charge is 0.478 e. The minimum atomic E-state index is -0.855. The summed E-state index contributed by atoms with van der Waals surface area (Å²) in [6.45, 7) is 17.0. The first kappa shape index (κ1) is 28.4. The fourth-order valence-corrected chi connectivity index (χ4v) is 9.85. The Morgan fingerprint density at radius 1 is 1.11 bits per heavy atom. The molecule has 208 valence electrons. The van der Waals surface area contributed by atoms with Gasteiger partial charge in [-0.1, -0.05) is 52.3 Å². The maximum absolute atomic E-state index is 12.2. The van der Waals surface area contributed by atoms with Gasteiger partial charge in [-0.2, -0.15) is 0 Å². The lowest BCUT2D eigenvalue weighted by molar-refractivity contribution is -0.172. The highest BCUT2D eigenvalue weighted by atomic mass is 16.5. The fourth-order valence-electron chi connectivity index (χ4n) is 9.85. The zero-order chi connectivity index (χ0) is 27.6. The molecule has 5 heteroatoms. The molecule has 0 aromatic carbocycles. The molecular formula is C32H50O5. The van der Waals surface area contributed by atoms with Crippen molar-refractivity contribution in [2.75, 3.05) is 0 Å². The molecule has 37 heavy (non-hydrogen) atoms. The molecule has 0 radical (unpaired) electrons. The van der Waals surface area contributed by atoms with Crippen LogP contribution in [0.5, 0.6) is 0 Å². The quantitative estimate of drug-likeness (QED) is 0.228. The molecule has 3 saturated carbocycles. The number of carboxylic acids is 1. The Morgan fingerprint density at radius 2 is 1.78 bits per heavy atom. The number of carboxylic acid groups (broad SMARTS) is 1. The molecule has 0 unspecified atom stereocenters. The van der Waals surface area contributed by atoms with Gasteiger partial charge < -0.3 is 14.9 Å². The van der Waals surface area contributed by atoms with Crippen molar-refractivity contribution in [1.82, 2.24) is 0 Å². The Morgan fingerprint density at radius 3 is 2.41 bits per heavy atom. The maximum atomic E-state index is 12.2. The standard InChI is InChI=1S/C32H50O5/c1-19(10-9-11-20(2)28(34)35)22-14-16-30(6)23-12-13-25-29(4,5)27(37-21(3)33)15-17-31(25,7)24(23)18-26(30)32(22,8)36/h11-12,19,22,24-27,36H,9-10,13-18H2,1-8H3,(H,34,35)/b20-11-/t19-,22-,24-,25+,26-,27-,30+,31-,32+/m1/s1. The fraction of sp³-hybridized carbons (Fsp3) is 0.812. The summed E-state index contributed by atoms with van der Waals surface area (Å²) in [5.74, 6) is 0.628. The van der Waals surface area contributed by atoms with Crippen molar-refractivity contribution in [3.8, 4) is 0 Å². The zero-order valence-corrected chi connectivity index (χ0v) is 24.4. The van der Waals surface area contributed by atoms with E-state index in [1.807, 2.05) is 6.08 Å². The Labute approximate surface area is 224 Å². The summed E-state index contributed by atoms with van der Waals surface area (Å²) in [6, 6.07) is 0. The van der Waals surface area contributed by atoms with Crippen LogP contribution < -0.4 is 0 Å². The van der Waals surface area contributed by atoms with Crippen LogP contribution in [0.15, 0.2) is 23.3 Å². The molecule has 0 amide bonds. The molecule has 2 N–H and O–H groups in total. The summed E-state index contributed by atoms with van der Waals surface area (Å²) < 4.78 is 5.82. The molecule has 0 aromatic heterocycles. The molecule has 9 atom stereocenters. The molecule has 0 bridgehead atoms. The summed E-state index contributed by atoms with van der Waals surface area (Å²) >= 11 is 0. The lowest BCUT2D eigenvalue weighted by atomic mass is 9.47. The molecule has 4 aliphatic rings. The molecule has 3 fully saturated rings. The normalized spacial score (nSPS) is 43.6. The van der Waals surface area contributed by atoms with E-state index < -0.39 is 11.6 Å². The van der Waals surface area contributed by atoms with Crippen LogP contribution >= 0.6 is 0 Å². The zero-order valence-electron chi connectivity index (χ0n) is 24.4. The van der Waals surface area contributed by atoms with Crippen molar-refractivity contribution >= 4 is 11.9 Å². The van der Waals surface area contributed by atoms with E-state index in [1.54, 1.807) is 12.5 Å². The summed E-state index contributed by atoms with van der Waals surface area (Å²) in [7, 11) is 0. The summed E-state index contributed by atoms with van der Waals surface area (Å²) in [6.07, 6.45) is 12.1. The van der Waals surface area contributed by atoms with E-state index in [0.29, 0.717) is 23.3 Å². The molecule has 0 aliphatic heterocycles. The Balaban J connectivity index is 1.57. The number of carbonyl (C=O) groups excluding carboxylic acids is 1. The van der Waals surface area contributed by atoms with Crippen LogP contribution in [0.1, 0.15) is 107 Å². The number of hydrogen-bond acceptors (Lipinski definition) is 4. The first-order chi connectivity index (χ1) is 17.1. The van der Waals surface area contributed by atoms with Crippen LogP contribution in [-0.2, 0) is 14.3 Å². The number of aliphatic hydroxyl groups is 1. The molecule has 5 nitrogen and oxygen atoms in total. The minimum Gasteiger partial charge on any atom is -0.478 e. The molecule has 4 rings (SSSR count). The van der Waals surface area contributed by atoms with E-state index in [0.717, 1.165) is 51.4 Å². The Hall–Kier alpha value is -1.62. The molecular weight excluding hydrogens is 464 g/mol. The van der Waals surface area contributed by atoms with Gasteiger partial charge in [-0.3, -0.25) is 4.79 Å². The van der Waals surface area contributed by atoms with Crippen LogP contribution in [0.4, 0.5) is 0 Å². The van der Waals surface area contributed by atoms with Crippen LogP contribution in [0.3, 0.4) is 0 Å². The van der Waals surface area contributed by atoms with Crippen molar-refractivity contribution < 1.29 is 24.5 Å². The first-order valence-electron chi connectivity index (χ1n) is 14.6. The number of rotatable bonds is 6. The van der Waals surface area contributed by atoms with Gasteiger partial charge in [-0.15, -0.1) is 0 Å². The highest BCUT2D eigenvalue weighted by molar-refractivity contribution is 5.85. The van der Waals surface area contributed by atoms with Crippen LogP contribution in [0, 0.1) is 45.8 Å². The molecule has 0 aromatic rings. The average Bonchev–Trinajstić information content (AvgIpc) is 3.10. The number of ether oxygens (including phenoxy) is 1. The van der Waals surface area contributed by atoms with Gasteiger partial charge in [0.05, 0.1) is 5.60 Å². The molecule has 0 spiro atoms. The first-order valence-corrected chi connectivity index (χ1v) is 14.6. The number of esters is 1.